The Bertz CT molecular complexity index is 379. The Morgan fingerprint density at radius 3 is 2.16 bits per heavy atom. The molecule has 2 atom stereocenters. The Morgan fingerprint density at radius 2 is 1.74 bits per heavy atom. The van der Waals surface area contributed by atoms with Gasteiger partial charge >= 0.3 is 0 Å². The summed E-state index contributed by atoms with van der Waals surface area (Å²) in [5.74, 6) is 0.370. The summed E-state index contributed by atoms with van der Waals surface area (Å²) in [5, 5.41) is -0.197. The normalized spacial score (nSPS) is 32.9. The quantitative estimate of drug-likeness (QED) is 0.742. The molecule has 0 amide bonds. The molecule has 19 heavy (non-hydrogen) atoms. The van der Waals surface area contributed by atoms with Gasteiger partial charge in [-0.25, -0.2) is 0 Å². The van der Waals surface area contributed by atoms with Gasteiger partial charge in [0.25, 0.3) is 0 Å². The second-order valence-corrected chi connectivity index (χ2v) is 13.5. The smallest absolute Gasteiger partial charge is 0.146 e. The molecule has 4 heteroatoms. The molecule has 0 aromatic rings. The molecule has 0 aliphatic carbocycles. The van der Waals surface area contributed by atoms with Crippen molar-refractivity contribution >= 4 is 13.9 Å². The van der Waals surface area contributed by atoms with Crippen molar-refractivity contribution in [3.63, 3.8) is 0 Å². The first kappa shape index (κ1) is 15.2. The van der Waals surface area contributed by atoms with E-state index in [9.17, 15) is 4.79 Å². The zero-order valence-corrected chi connectivity index (χ0v) is 14.5. The summed E-state index contributed by atoms with van der Waals surface area (Å²) in [5.41, 5.74) is 0.463. The topological polar surface area (TPSA) is 23.6 Å². The maximum absolute atomic E-state index is 12.3. The van der Waals surface area contributed by atoms with Gasteiger partial charge in [-0.15, -0.1) is 0 Å². The fraction of sp³-hybridized carbons (Fsp3) is 0.933. The van der Waals surface area contributed by atoms with Crippen molar-refractivity contribution in [1.29, 1.82) is 0 Å². The van der Waals surface area contributed by atoms with Crippen LogP contribution in [0.5, 0.6) is 0 Å². The van der Waals surface area contributed by atoms with E-state index in [4.69, 9.17) is 0 Å². The van der Waals surface area contributed by atoms with E-state index in [0.717, 1.165) is 13.1 Å². The average Bonchev–Trinajstić information content (AvgIpc) is 2.84. The first-order chi connectivity index (χ1) is 8.61. The lowest BCUT2D eigenvalue weighted by Crippen LogP contribution is -2.65. The zero-order chi connectivity index (χ0) is 14.5. The number of carbonyl (C=O) groups excluding carboxylic acids is 1. The molecule has 2 heterocycles. The second-order valence-electron chi connectivity index (χ2n) is 8.04. The molecule has 0 saturated carbocycles. The zero-order valence-electron chi connectivity index (χ0n) is 13.5. The molecule has 1 spiro atoms. The Balaban J connectivity index is 2.21. The summed E-state index contributed by atoms with van der Waals surface area (Å²) in [4.78, 5) is 17.3. The molecule has 0 N–H and O–H groups in total. The summed E-state index contributed by atoms with van der Waals surface area (Å²) >= 11 is 0. The lowest BCUT2D eigenvalue weighted by molar-refractivity contribution is -0.123. The van der Waals surface area contributed by atoms with Crippen molar-refractivity contribution in [2.24, 2.45) is 5.41 Å². The number of carbonyl (C=O) groups is 1. The Morgan fingerprint density at radius 1 is 1.16 bits per heavy atom. The van der Waals surface area contributed by atoms with Gasteiger partial charge in [-0.2, -0.15) is 0 Å². The van der Waals surface area contributed by atoms with E-state index in [1.165, 1.54) is 25.9 Å². The van der Waals surface area contributed by atoms with Crippen LogP contribution in [-0.4, -0.2) is 62.0 Å². The predicted octanol–water partition coefficient (Wildman–Crippen LogP) is 2.24. The molecule has 0 aromatic carbocycles. The van der Waals surface area contributed by atoms with E-state index in [1.54, 1.807) is 6.92 Å². The average molecular weight is 283 g/mol. The van der Waals surface area contributed by atoms with Crippen molar-refractivity contribution in [1.82, 2.24) is 9.80 Å². The summed E-state index contributed by atoms with van der Waals surface area (Å²) in [6.07, 6.45) is 2.57. The molecule has 2 aliphatic heterocycles. The van der Waals surface area contributed by atoms with E-state index < -0.39 is 8.07 Å². The lowest BCUT2D eigenvalue weighted by Gasteiger charge is -2.46. The van der Waals surface area contributed by atoms with E-state index in [-0.39, 0.29) is 5.16 Å². The number of nitrogens with zero attached hydrogens (tertiary/aromatic N) is 2. The van der Waals surface area contributed by atoms with Gasteiger partial charge in [-0.3, -0.25) is 9.69 Å². The molecule has 2 fully saturated rings. The minimum Gasteiger partial charge on any atom is -0.306 e. The first-order valence-corrected chi connectivity index (χ1v) is 11.1. The minimum atomic E-state index is -1.56. The molecule has 3 nitrogen and oxygen atoms in total. The third kappa shape index (κ3) is 2.43. The Labute approximate surface area is 119 Å². The van der Waals surface area contributed by atoms with Crippen LogP contribution in [0.2, 0.25) is 19.6 Å². The van der Waals surface area contributed by atoms with Gasteiger partial charge in [0, 0.05) is 13.1 Å². The highest BCUT2D eigenvalue weighted by molar-refractivity contribution is 6.82. The number of likely N-dealkylation sites (tertiary alicyclic amines) is 2. The van der Waals surface area contributed by atoms with Crippen LogP contribution >= 0.6 is 0 Å². The number of Topliss-reactive ketones (excluding diaryl/α,β-unsaturated/α-hetero) is 1. The van der Waals surface area contributed by atoms with Gasteiger partial charge in [0.05, 0.1) is 13.2 Å². The Hall–Kier alpha value is -0.193. The van der Waals surface area contributed by atoms with Crippen LogP contribution in [0.3, 0.4) is 0 Å². The number of rotatable bonds is 3. The molecule has 2 rings (SSSR count). The summed E-state index contributed by atoms with van der Waals surface area (Å²) in [7, 11) is 0.661. The molecule has 2 saturated heterocycles. The second kappa shape index (κ2) is 4.67. The van der Waals surface area contributed by atoms with Crippen molar-refractivity contribution in [2.75, 3.05) is 33.2 Å². The molecule has 110 valence electrons. The van der Waals surface area contributed by atoms with Gasteiger partial charge < -0.3 is 4.90 Å². The van der Waals surface area contributed by atoms with Crippen molar-refractivity contribution in [3.8, 4) is 0 Å². The molecule has 0 aromatic heterocycles. The van der Waals surface area contributed by atoms with Crippen LogP contribution in [0.15, 0.2) is 0 Å². The monoisotopic (exact) mass is 282 g/mol. The molecular formula is C15H30N2OSi. The van der Waals surface area contributed by atoms with Gasteiger partial charge in [-0.05, 0) is 52.2 Å². The van der Waals surface area contributed by atoms with Crippen LogP contribution in [0.4, 0.5) is 0 Å². The van der Waals surface area contributed by atoms with Crippen LogP contribution < -0.4 is 0 Å². The standard InChI is InChI=1S/C15H30N2OSi/c1-13(18)14(2,19(4,5)6)17-10-8-15(12-17)7-9-16(3)11-15/h7-12H2,1-6H3. The predicted molar refractivity (Wildman–Crippen MR) is 83.2 cm³/mol. The third-order valence-corrected chi connectivity index (χ3v) is 9.44. The SMILES string of the molecule is CC(=O)C(C)(N1CCC2(CCN(C)C2)C1)[Si](C)(C)C. The van der Waals surface area contributed by atoms with Gasteiger partial charge in [0.2, 0.25) is 0 Å². The van der Waals surface area contributed by atoms with Crippen molar-refractivity contribution in [3.05, 3.63) is 0 Å². The van der Waals surface area contributed by atoms with Gasteiger partial charge in [0.1, 0.15) is 5.78 Å². The number of hydrogen-bond donors (Lipinski definition) is 0. The molecular weight excluding hydrogens is 252 g/mol. The van der Waals surface area contributed by atoms with Crippen LogP contribution in [-0.2, 0) is 4.79 Å². The largest absolute Gasteiger partial charge is 0.306 e. The summed E-state index contributed by atoms with van der Waals surface area (Å²) in [6, 6.07) is 0. The molecule has 2 aliphatic rings. The minimum absolute atomic E-state index is 0.197. The molecule has 0 bridgehead atoms. The molecule has 0 radical (unpaired) electrons. The van der Waals surface area contributed by atoms with Gasteiger partial charge in [0.15, 0.2) is 0 Å². The van der Waals surface area contributed by atoms with E-state index in [2.05, 4.69) is 43.4 Å². The highest BCUT2D eigenvalue weighted by atomic mass is 28.3. The Kier molecular flexibility index (Phi) is 3.74. The van der Waals surface area contributed by atoms with Gasteiger partial charge in [-0.1, -0.05) is 19.6 Å². The number of ketones is 1. The third-order valence-electron chi connectivity index (χ3n) is 5.85. The fourth-order valence-corrected chi connectivity index (χ4v) is 6.23. The maximum Gasteiger partial charge on any atom is 0.146 e. The maximum atomic E-state index is 12.3. The first-order valence-electron chi connectivity index (χ1n) is 7.55. The molecule has 2 unspecified atom stereocenters. The van der Waals surface area contributed by atoms with E-state index in [0.29, 0.717) is 11.2 Å². The van der Waals surface area contributed by atoms with Crippen molar-refractivity contribution < 1.29 is 4.79 Å². The van der Waals surface area contributed by atoms with E-state index in [1.807, 2.05) is 0 Å². The highest BCUT2D eigenvalue weighted by Crippen LogP contribution is 2.43. The van der Waals surface area contributed by atoms with Crippen LogP contribution in [0, 0.1) is 5.41 Å². The fourth-order valence-electron chi connectivity index (χ4n) is 4.03. The van der Waals surface area contributed by atoms with E-state index >= 15 is 0 Å². The lowest BCUT2D eigenvalue weighted by atomic mass is 9.86. The van der Waals surface area contributed by atoms with Crippen LogP contribution in [0.1, 0.15) is 26.7 Å². The van der Waals surface area contributed by atoms with Crippen molar-refractivity contribution in [2.45, 2.75) is 51.5 Å². The summed E-state index contributed by atoms with van der Waals surface area (Å²) in [6.45, 7) is 15.7. The highest BCUT2D eigenvalue weighted by Gasteiger charge is 2.53. The number of hydrogen-bond acceptors (Lipinski definition) is 3. The van der Waals surface area contributed by atoms with Crippen LogP contribution in [0.25, 0.3) is 0 Å². The summed E-state index contributed by atoms with van der Waals surface area (Å²) < 4.78 is 0.